The minimum Gasteiger partial charge on any atom is -0.493 e. The van der Waals surface area contributed by atoms with E-state index < -0.39 is 5.97 Å². The fourth-order valence-corrected chi connectivity index (χ4v) is 2.90. The van der Waals surface area contributed by atoms with Crippen LogP contribution in [0.5, 0.6) is 17.2 Å². The van der Waals surface area contributed by atoms with Crippen LogP contribution in [0.15, 0.2) is 6.07 Å². The van der Waals surface area contributed by atoms with Crippen LogP contribution in [-0.2, 0) is 17.6 Å². The van der Waals surface area contributed by atoms with Crippen molar-refractivity contribution >= 4 is 5.97 Å². The lowest BCUT2D eigenvalue weighted by Gasteiger charge is -2.18. The van der Waals surface area contributed by atoms with Gasteiger partial charge in [0.1, 0.15) is 0 Å². The highest BCUT2D eigenvalue weighted by Gasteiger charge is 2.23. The quantitative estimate of drug-likeness (QED) is 0.860. The Morgan fingerprint density at radius 3 is 2.41 bits per heavy atom. The monoisotopic (exact) mass is 309 g/mol. The molecule has 2 rings (SSSR count). The highest BCUT2D eigenvalue weighted by atomic mass is 16.5. The molecule has 6 nitrogen and oxygen atoms in total. The van der Waals surface area contributed by atoms with Gasteiger partial charge in [-0.25, -0.2) is 0 Å². The van der Waals surface area contributed by atoms with Crippen molar-refractivity contribution in [2.24, 2.45) is 0 Å². The second kappa shape index (κ2) is 7.35. The summed E-state index contributed by atoms with van der Waals surface area (Å²) in [6.07, 6.45) is 1.81. The number of hydrogen-bond donors (Lipinski definition) is 1. The Kier molecular flexibility index (Phi) is 5.49. The van der Waals surface area contributed by atoms with Crippen molar-refractivity contribution < 1.29 is 24.1 Å². The smallest absolute Gasteiger partial charge is 0.304 e. The molecule has 0 fully saturated rings. The van der Waals surface area contributed by atoms with Gasteiger partial charge in [0.25, 0.3) is 0 Å². The molecule has 1 N–H and O–H groups in total. The van der Waals surface area contributed by atoms with Gasteiger partial charge in [0.05, 0.1) is 27.8 Å². The number of aliphatic carboxylic acids is 1. The number of carboxylic acids is 1. The first-order chi connectivity index (χ1) is 10.6. The second-order valence-electron chi connectivity index (χ2n) is 5.27. The third-order valence-electron chi connectivity index (χ3n) is 4.04. The van der Waals surface area contributed by atoms with E-state index in [0.29, 0.717) is 18.0 Å². The number of hydrogen-bond acceptors (Lipinski definition) is 5. The minimum atomic E-state index is -0.761. The van der Waals surface area contributed by atoms with Gasteiger partial charge >= 0.3 is 5.97 Å². The van der Waals surface area contributed by atoms with Gasteiger partial charge in [0, 0.05) is 25.2 Å². The van der Waals surface area contributed by atoms with Gasteiger partial charge in [-0.2, -0.15) is 0 Å². The summed E-state index contributed by atoms with van der Waals surface area (Å²) in [6.45, 7) is 2.21. The first kappa shape index (κ1) is 16.4. The topological polar surface area (TPSA) is 68.2 Å². The van der Waals surface area contributed by atoms with E-state index in [1.54, 1.807) is 21.3 Å². The van der Waals surface area contributed by atoms with Gasteiger partial charge in [-0.05, 0) is 24.5 Å². The number of nitrogens with zero attached hydrogens (tertiary/aromatic N) is 1. The van der Waals surface area contributed by atoms with Crippen LogP contribution in [0.4, 0.5) is 0 Å². The zero-order valence-corrected chi connectivity index (χ0v) is 13.3. The fourth-order valence-electron chi connectivity index (χ4n) is 2.90. The summed E-state index contributed by atoms with van der Waals surface area (Å²) in [5.74, 6) is 1.24. The van der Waals surface area contributed by atoms with Crippen molar-refractivity contribution in [1.29, 1.82) is 0 Å². The predicted octanol–water partition coefficient (Wildman–Crippen LogP) is 1.59. The van der Waals surface area contributed by atoms with Gasteiger partial charge in [-0.3, -0.25) is 4.79 Å². The highest BCUT2D eigenvalue weighted by molar-refractivity contribution is 5.66. The summed E-state index contributed by atoms with van der Waals surface area (Å²) in [7, 11) is 4.84. The Labute approximate surface area is 130 Å². The average Bonchev–Trinajstić information content (AvgIpc) is 2.72. The predicted molar refractivity (Wildman–Crippen MR) is 82.2 cm³/mol. The first-order valence-corrected chi connectivity index (χ1v) is 7.35. The maximum Gasteiger partial charge on any atom is 0.304 e. The fraction of sp³-hybridized carbons (Fsp3) is 0.562. The van der Waals surface area contributed by atoms with Crippen LogP contribution in [0.2, 0.25) is 0 Å². The number of carbonyl (C=O) groups is 1. The van der Waals surface area contributed by atoms with E-state index >= 15 is 0 Å². The number of ether oxygens (including phenoxy) is 3. The van der Waals surface area contributed by atoms with E-state index in [-0.39, 0.29) is 6.42 Å². The molecular weight excluding hydrogens is 286 g/mol. The van der Waals surface area contributed by atoms with Gasteiger partial charge in [0.2, 0.25) is 5.75 Å². The summed E-state index contributed by atoms with van der Waals surface area (Å²) in [4.78, 5) is 12.9. The molecule has 0 amide bonds. The molecule has 1 aromatic rings. The Morgan fingerprint density at radius 2 is 1.82 bits per heavy atom. The third kappa shape index (κ3) is 3.44. The van der Waals surface area contributed by atoms with Crippen molar-refractivity contribution in [2.45, 2.75) is 19.3 Å². The SMILES string of the molecule is COc1cc2c(c(OC)c1OC)CCN(CCC(=O)O)CC2. The molecule has 0 saturated heterocycles. The average molecular weight is 309 g/mol. The third-order valence-corrected chi connectivity index (χ3v) is 4.04. The molecule has 0 bridgehead atoms. The van der Waals surface area contributed by atoms with Crippen molar-refractivity contribution in [3.63, 3.8) is 0 Å². The number of rotatable bonds is 6. The Balaban J connectivity index is 2.26. The Bertz CT molecular complexity index is 544. The van der Waals surface area contributed by atoms with E-state index in [9.17, 15) is 4.79 Å². The molecule has 1 aromatic carbocycles. The number of methoxy groups -OCH3 is 3. The highest BCUT2D eigenvalue weighted by Crippen LogP contribution is 2.43. The van der Waals surface area contributed by atoms with Crippen LogP contribution in [0.1, 0.15) is 17.5 Å². The molecule has 0 spiro atoms. The minimum absolute atomic E-state index is 0.167. The van der Waals surface area contributed by atoms with Crippen LogP contribution in [-0.4, -0.2) is 56.9 Å². The van der Waals surface area contributed by atoms with E-state index in [4.69, 9.17) is 19.3 Å². The molecule has 0 aromatic heterocycles. The maximum absolute atomic E-state index is 10.7. The van der Waals surface area contributed by atoms with Gasteiger partial charge in [-0.15, -0.1) is 0 Å². The van der Waals surface area contributed by atoms with Crippen LogP contribution in [0.25, 0.3) is 0 Å². The normalized spacial score (nSPS) is 14.9. The van der Waals surface area contributed by atoms with Crippen LogP contribution >= 0.6 is 0 Å². The Morgan fingerprint density at radius 1 is 1.14 bits per heavy atom. The van der Waals surface area contributed by atoms with Crippen LogP contribution in [0.3, 0.4) is 0 Å². The van der Waals surface area contributed by atoms with Crippen molar-refractivity contribution in [3.8, 4) is 17.2 Å². The van der Waals surface area contributed by atoms with E-state index in [2.05, 4.69) is 4.90 Å². The molecule has 1 aliphatic rings. The lowest BCUT2D eigenvalue weighted by molar-refractivity contribution is -0.137. The molecule has 0 radical (unpaired) electrons. The number of fused-ring (bicyclic) bond motifs is 1. The molecule has 0 atom stereocenters. The van der Waals surface area contributed by atoms with Crippen LogP contribution < -0.4 is 14.2 Å². The molecule has 1 aliphatic heterocycles. The molecule has 0 saturated carbocycles. The van der Waals surface area contributed by atoms with Crippen LogP contribution in [0, 0.1) is 0 Å². The lowest BCUT2D eigenvalue weighted by atomic mass is 10.0. The largest absolute Gasteiger partial charge is 0.493 e. The summed E-state index contributed by atoms with van der Waals surface area (Å²) in [5, 5.41) is 8.83. The lowest BCUT2D eigenvalue weighted by Crippen LogP contribution is -2.28. The molecular formula is C16H23NO5. The zero-order valence-electron chi connectivity index (χ0n) is 13.3. The maximum atomic E-state index is 10.7. The van der Waals surface area contributed by atoms with Gasteiger partial charge in [-0.1, -0.05) is 0 Å². The van der Waals surface area contributed by atoms with Gasteiger partial charge in [0.15, 0.2) is 11.5 Å². The molecule has 22 heavy (non-hydrogen) atoms. The van der Waals surface area contributed by atoms with E-state index in [1.165, 1.54) is 5.56 Å². The molecule has 6 heteroatoms. The zero-order chi connectivity index (χ0) is 16.1. The molecule has 0 aliphatic carbocycles. The van der Waals surface area contributed by atoms with Crippen molar-refractivity contribution in [3.05, 3.63) is 17.2 Å². The summed E-state index contributed by atoms with van der Waals surface area (Å²) in [6, 6.07) is 2.00. The molecule has 122 valence electrons. The Hall–Kier alpha value is -1.95. The standard InChI is InChI=1S/C16H23NO5/c1-20-13-10-11-4-7-17(9-6-14(18)19)8-5-12(11)15(21-2)16(13)22-3/h10H,4-9H2,1-3H3,(H,18,19). The first-order valence-electron chi connectivity index (χ1n) is 7.35. The van der Waals surface area contributed by atoms with E-state index in [0.717, 1.165) is 37.2 Å². The van der Waals surface area contributed by atoms with Crippen molar-refractivity contribution in [1.82, 2.24) is 4.90 Å². The second-order valence-corrected chi connectivity index (χ2v) is 5.27. The molecule has 0 unspecified atom stereocenters. The summed E-state index contributed by atoms with van der Waals surface area (Å²) >= 11 is 0. The van der Waals surface area contributed by atoms with Gasteiger partial charge < -0.3 is 24.2 Å². The number of carboxylic acid groups (broad SMARTS) is 1. The van der Waals surface area contributed by atoms with E-state index in [1.807, 2.05) is 6.07 Å². The van der Waals surface area contributed by atoms with Crippen molar-refractivity contribution in [2.75, 3.05) is 41.0 Å². The number of benzene rings is 1. The summed E-state index contributed by atoms with van der Waals surface area (Å²) < 4.78 is 16.4. The summed E-state index contributed by atoms with van der Waals surface area (Å²) in [5.41, 5.74) is 2.30. The molecule has 1 heterocycles.